The van der Waals surface area contributed by atoms with Gasteiger partial charge < -0.3 is 15.2 Å². The van der Waals surface area contributed by atoms with E-state index in [-0.39, 0.29) is 5.60 Å². The van der Waals surface area contributed by atoms with Crippen molar-refractivity contribution >= 4 is 5.97 Å². The van der Waals surface area contributed by atoms with Gasteiger partial charge in [-0.25, -0.2) is 4.79 Å². The third-order valence-electron chi connectivity index (χ3n) is 2.42. The van der Waals surface area contributed by atoms with E-state index in [2.05, 4.69) is 5.32 Å². The number of carboxylic acids is 1. The zero-order chi connectivity index (χ0) is 7.90. The first-order valence-corrected chi connectivity index (χ1v) is 3.83. The van der Waals surface area contributed by atoms with Crippen LogP contribution in [0.3, 0.4) is 0 Å². The molecule has 11 heavy (non-hydrogen) atoms. The van der Waals surface area contributed by atoms with Crippen LogP contribution in [0.15, 0.2) is 0 Å². The first kappa shape index (κ1) is 7.06. The SMILES string of the molecule is O=C(O)C1CCC2(CNC2)O1. The average Bonchev–Trinajstić information content (AvgIpc) is 2.28. The lowest BCUT2D eigenvalue weighted by atomic mass is 9.93. The predicted octanol–water partition coefficient (Wildman–Crippen LogP) is -0.408. The number of aliphatic carboxylic acids is 1. The zero-order valence-corrected chi connectivity index (χ0v) is 6.17. The Morgan fingerprint density at radius 1 is 1.64 bits per heavy atom. The summed E-state index contributed by atoms with van der Waals surface area (Å²) in [6.45, 7) is 1.63. The molecule has 2 aliphatic rings. The molecule has 1 spiro atoms. The number of ether oxygens (including phenoxy) is 1. The minimum Gasteiger partial charge on any atom is -0.479 e. The molecule has 0 aliphatic carbocycles. The summed E-state index contributed by atoms with van der Waals surface area (Å²) in [6, 6.07) is 0. The van der Waals surface area contributed by atoms with Crippen LogP contribution in [-0.2, 0) is 9.53 Å². The van der Waals surface area contributed by atoms with Crippen LogP contribution >= 0.6 is 0 Å². The second kappa shape index (κ2) is 2.19. The van der Waals surface area contributed by atoms with Gasteiger partial charge in [-0.3, -0.25) is 0 Å². The maximum atomic E-state index is 10.5. The summed E-state index contributed by atoms with van der Waals surface area (Å²) in [4.78, 5) is 10.5. The summed E-state index contributed by atoms with van der Waals surface area (Å²) in [7, 11) is 0. The Morgan fingerprint density at radius 2 is 2.36 bits per heavy atom. The summed E-state index contributed by atoms with van der Waals surface area (Å²) >= 11 is 0. The van der Waals surface area contributed by atoms with Crippen LogP contribution in [-0.4, -0.2) is 35.9 Å². The van der Waals surface area contributed by atoms with Crippen molar-refractivity contribution in [2.75, 3.05) is 13.1 Å². The first-order valence-electron chi connectivity index (χ1n) is 3.83. The fourth-order valence-corrected chi connectivity index (χ4v) is 1.65. The maximum absolute atomic E-state index is 10.5. The fraction of sp³-hybridized carbons (Fsp3) is 0.857. The minimum atomic E-state index is -0.825. The van der Waals surface area contributed by atoms with Crippen LogP contribution in [0.4, 0.5) is 0 Å². The Kier molecular flexibility index (Phi) is 1.40. The molecule has 2 N–H and O–H groups in total. The summed E-state index contributed by atoms with van der Waals surface area (Å²) in [6.07, 6.45) is 0.991. The summed E-state index contributed by atoms with van der Waals surface area (Å²) in [5, 5.41) is 11.7. The molecule has 0 saturated carbocycles. The fourth-order valence-electron chi connectivity index (χ4n) is 1.65. The van der Waals surface area contributed by atoms with Gasteiger partial charge in [-0.1, -0.05) is 0 Å². The van der Waals surface area contributed by atoms with Crippen LogP contribution in [0.5, 0.6) is 0 Å². The van der Waals surface area contributed by atoms with Gasteiger partial charge in [0.1, 0.15) is 0 Å². The lowest BCUT2D eigenvalue weighted by Gasteiger charge is -2.38. The molecule has 0 amide bonds. The zero-order valence-electron chi connectivity index (χ0n) is 6.17. The molecule has 0 aromatic rings. The van der Waals surface area contributed by atoms with Crippen molar-refractivity contribution in [3.63, 3.8) is 0 Å². The highest BCUT2D eigenvalue weighted by Crippen LogP contribution is 2.33. The number of carbonyl (C=O) groups is 1. The third kappa shape index (κ3) is 1.02. The van der Waals surface area contributed by atoms with E-state index < -0.39 is 12.1 Å². The van der Waals surface area contributed by atoms with E-state index in [4.69, 9.17) is 9.84 Å². The second-order valence-corrected chi connectivity index (χ2v) is 3.27. The molecule has 1 unspecified atom stereocenters. The van der Waals surface area contributed by atoms with Crippen molar-refractivity contribution in [1.82, 2.24) is 5.32 Å². The van der Waals surface area contributed by atoms with Crippen molar-refractivity contribution in [2.24, 2.45) is 0 Å². The highest BCUT2D eigenvalue weighted by molar-refractivity contribution is 5.72. The molecule has 0 aromatic heterocycles. The van der Waals surface area contributed by atoms with Gasteiger partial charge in [-0.05, 0) is 12.8 Å². The van der Waals surface area contributed by atoms with Crippen LogP contribution in [0, 0.1) is 0 Å². The topological polar surface area (TPSA) is 58.6 Å². The van der Waals surface area contributed by atoms with Gasteiger partial charge in [0.15, 0.2) is 6.10 Å². The Morgan fingerprint density at radius 3 is 2.64 bits per heavy atom. The van der Waals surface area contributed by atoms with Gasteiger partial charge >= 0.3 is 5.97 Å². The normalized spacial score (nSPS) is 33.6. The molecule has 1 atom stereocenters. The first-order chi connectivity index (χ1) is 5.22. The summed E-state index contributed by atoms with van der Waals surface area (Å²) < 4.78 is 5.38. The third-order valence-corrected chi connectivity index (χ3v) is 2.42. The number of rotatable bonds is 1. The minimum absolute atomic E-state index is 0.122. The molecule has 2 fully saturated rings. The summed E-state index contributed by atoms with van der Waals surface area (Å²) in [5.74, 6) is -0.825. The number of hydrogen-bond acceptors (Lipinski definition) is 3. The molecule has 0 radical (unpaired) electrons. The van der Waals surface area contributed by atoms with Gasteiger partial charge in [0.25, 0.3) is 0 Å². The standard InChI is InChI=1S/C7H11NO3/c9-6(10)5-1-2-7(11-5)3-8-4-7/h5,8H,1-4H2,(H,9,10). The highest BCUT2D eigenvalue weighted by Gasteiger charge is 2.47. The van der Waals surface area contributed by atoms with Crippen LogP contribution < -0.4 is 5.32 Å². The van der Waals surface area contributed by atoms with Gasteiger partial charge in [-0.2, -0.15) is 0 Å². The van der Waals surface area contributed by atoms with Crippen molar-refractivity contribution in [3.8, 4) is 0 Å². The van der Waals surface area contributed by atoms with Gasteiger partial charge in [-0.15, -0.1) is 0 Å². The largest absolute Gasteiger partial charge is 0.479 e. The molecule has 4 nitrogen and oxygen atoms in total. The van der Waals surface area contributed by atoms with Crippen LogP contribution in [0.2, 0.25) is 0 Å². The van der Waals surface area contributed by atoms with Crippen LogP contribution in [0.1, 0.15) is 12.8 Å². The Bertz CT molecular complexity index is 188. The average molecular weight is 157 g/mol. The molecule has 0 aromatic carbocycles. The van der Waals surface area contributed by atoms with E-state index in [1.165, 1.54) is 0 Å². The van der Waals surface area contributed by atoms with E-state index in [1.54, 1.807) is 0 Å². The van der Waals surface area contributed by atoms with Crippen LogP contribution in [0.25, 0.3) is 0 Å². The smallest absolute Gasteiger partial charge is 0.332 e. The molecule has 2 aliphatic heterocycles. The van der Waals surface area contributed by atoms with Crippen molar-refractivity contribution in [2.45, 2.75) is 24.5 Å². The highest BCUT2D eigenvalue weighted by atomic mass is 16.5. The van der Waals surface area contributed by atoms with Gasteiger partial charge in [0.2, 0.25) is 0 Å². The number of carboxylic acid groups (broad SMARTS) is 1. The van der Waals surface area contributed by atoms with Gasteiger partial charge in [0.05, 0.1) is 5.60 Å². The monoisotopic (exact) mass is 157 g/mol. The van der Waals surface area contributed by atoms with Crippen molar-refractivity contribution < 1.29 is 14.6 Å². The Balaban J connectivity index is 1.98. The molecule has 2 rings (SSSR count). The Hall–Kier alpha value is -0.610. The van der Waals surface area contributed by atoms with Crippen molar-refractivity contribution in [1.29, 1.82) is 0 Å². The van der Waals surface area contributed by atoms with Gasteiger partial charge in [0, 0.05) is 13.1 Å². The summed E-state index contributed by atoms with van der Waals surface area (Å²) in [5.41, 5.74) is -0.122. The molecule has 2 heterocycles. The molecule has 4 heteroatoms. The van der Waals surface area contributed by atoms with E-state index in [0.29, 0.717) is 6.42 Å². The molecule has 0 bridgehead atoms. The number of hydrogen-bond donors (Lipinski definition) is 2. The molecule has 2 saturated heterocycles. The van der Waals surface area contributed by atoms with E-state index >= 15 is 0 Å². The second-order valence-electron chi connectivity index (χ2n) is 3.27. The molecule has 62 valence electrons. The van der Waals surface area contributed by atoms with E-state index in [0.717, 1.165) is 19.5 Å². The predicted molar refractivity (Wildman–Crippen MR) is 37.3 cm³/mol. The lowest BCUT2D eigenvalue weighted by Crippen LogP contribution is -2.59. The Labute approximate surface area is 64.5 Å². The van der Waals surface area contributed by atoms with E-state index in [9.17, 15) is 4.79 Å². The molecular formula is C7H11NO3. The lowest BCUT2D eigenvalue weighted by molar-refractivity contribution is -0.157. The van der Waals surface area contributed by atoms with Crippen molar-refractivity contribution in [3.05, 3.63) is 0 Å². The van der Waals surface area contributed by atoms with E-state index in [1.807, 2.05) is 0 Å². The molecular weight excluding hydrogens is 146 g/mol. The quantitative estimate of drug-likeness (QED) is 0.543. The number of nitrogens with one attached hydrogen (secondary N) is 1. The maximum Gasteiger partial charge on any atom is 0.332 e.